The highest BCUT2D eigenvalue weighted by molar-refractivity contribution is 5.93. The van der Waals surface area contributed by atoms with Crippen molar-refractivity contribution in [3.05, 3.63) is 30.2 Å². The van der Waals surface area contributed by atoms with E-state index in [2.05, 4.69) is 10.4 Å². The van der Waals surface area contributed by atoms with Gasteiger partial charge in [-0.25, -0.2) is 0 Å². The van der Waals surface area contributed by atoms with Crippen molar-refractivity contribution in [2.75, 3.05) is 0 Å². The van der Waals surface area contributed by atoms with E-state index in [9.17, 15) is 4.79 Å². The van der Waals surface area contributed by atoms with Crippen LogP contribution in [0.5, 0.6) is 0 Å². The number of rotatable bonds is 4. The van der Waals surface area contributed by atoms with Crippen LogP contribution in [0.1, 0.15) is 43.1 Å². The summed E-state index contributed by atoms with van der Waals surface area (Å²) in [5.41, 5.74) is 1.33. The monoisotopic (exact) mass is 299 g/mol. The number of amides is 1. The van der Waals surface area contributed by atoms with Crippen LogP contribution in [-0.2, 0) is 6.54 Å². The number of fused-ring (bicyclic) bond motifs is 2. The van der Waals surface area contributed by atoms with Crippen LogP contribution >= 0.6 is 0 Å². The summed E-state index contributed by atoms with van der Waals surface area (Å²) in [7, 11) is 0. The molecule has 0 saturated heterocycles. The fraction of sp³-hybridized carbons (Fsp3) is 0.529. The highest BCUT2D eigenvalue weighted by atomic mass is 16.3. The number of nitrogens with zero attached hydrogens (tertiary/aromatic N) is 2. The van der Waals surface area contributed by atoms with E-state index in [1.165, 1.54) is 19.3 Å². The highest BCUT2D eigenvalue weighted by Gasteiger charge is 2.40. The Labute approximate surface area is 129 Å². The van der Waals surface area contributed by atoms with Gasteiger partial charge in [-0.15, -0.1) is 0 Å². The maximum Gasteiger partial charge on any atom is 0.272 e. The topological polar surface area (TPSA) is 60.1 Å². The Morgan fingerprint density at radius 3 is 3.00 bits per heavy atom. The van der Waals surface area contributed by atoms with Gasteiger partial charge in [-0.05, 0) is 50.2 Å². The average Bonchev–Trinajstić information content (AvgIpc) is 3.28. The fourth-order valence-corrected chi connectivity index (χ4v) is 4.06. The maximum absolute atomic E-state index is 12.5. The van der Waals surface area contributed by atoms with Gasteiger partial charge in [-0.1, -0.05) is 6.42 Å². The highest BCUT2D eigenvalue weighted by Crippen LogP contribution is 2.44. The molecule has 1 amide bonds. The van der Waals surface area contributed by atoms with Crippen LogP contribution in [0.2, 0.25) is 0 Å². The van der Waals surface area contributed by atoms with Crippen LogP contribution in [0.25, 0.3) is 11.5 Å². The van der Waals surface area contributed by atoms with Crippen molar-refractivity contribution in [2.45, 2.75) is 45.2 Å². The first kappa shape index (κ1) is 13.6. The summed E-state index contributed by atoms with van der Waals surface area (Å²) < 4.78 is 7.25. The summed E-state index contributed by atoms with van der Waals surface area (Å²) in [4.78, 5) is 12.5. The number of carbonyl (C=O) groups excluding carboxylic acids is 1. The molecule has 4 rings (SSSR count). The molecule has 2 aromatic heterocycles. The molecule has 1 N–H and O–H groups in total. The third kappa shape index (κ3) is 2.25. The van der Waals surface area contributed by atoms with Gasteiger partial charge in [-0.3, -0.25) is 9.48 Å². The molecule has 2 fully saturated rings. The third-order valence-electron chi connectivity index (χ3n) is 5.14. The van der Waals surface area contributed by atoms with Crippen molar-refractivity contribution in [1.82, 2.24) is 15.1 Å². The Morgan fingerprint density at radius 1 is 1.45 bits per heavy atom. The standard InChI is InChI=1S/C17H21N3O2/c1-2-20-15(16-4-3-7-22-16)10-14(19-20)17(21)18-13-9-11-5-6-12(13)8-11/h3-4,7,10-13H,2,5-6,8-9H2,1H3,(H,18,21). The van der Waals surface area contributed by atoms with Crippen LogP contribution in [0.15, 0.2) is 28.9 Å². The van der Waals surface area contributed by atoms with E-state index in [0.717, 1.165) is 23.8 Å². The van der Waals surface area contributed by atoms with Crippen molar-refractivity contribution >= 4 is 5.91 Å². The average molecular weight is 299 g/mol. The predicted molar refractivity (Wildman–Crippen MR) is 82.3 cm³/mol. The van der Waals surface area contributed by atoms with E-state index in [4.69, 9.17) is 4.42 Å². The van der Waals surface area contributed by atoms with Gasteiger partial charge in [0, 0.05) is 18.7 Å². The summed E-state index contributed by atoms with van der Waals surface area (Å²) in [5.74, 6) is 2.18. The molecule has 3 unspecified atom stereocenters. The molecule has 2 aromatic rings. The summed E-state index contributed by atoms with van der Waals surface area (Å²) in [6, 6.07) is 5.90. The van der Waals surface area contributed by atoms with E-state index < -0.39 is 0 Å². The molecule has 2 heterocycles. The van der Waals surface area contributed by atoms with Crippen molar-refractivity contribution < 1.29 is 9.21 Å². The van der Waals surface area contributed by atoms with E-state index in [1.54, 1.807) is 6.26 Å². The Balaban J connectivity index is 1.53. The maximum atomic E-state index is 12.5. The quantitative estimate of drug-likeness (QED) is 0.943. The van der Waals surface area contributed by atoms with Crippen molar-refractivity contribution in [2.24, 2.45) is 11.8 Å². The number of hydrogen-bond acceptors (Lipinski definition) is 3. The van der Waals surface area contributed by atoms with Gasteiger partial charge in [0.2, 0.25) is 0 Å². The second kappa shape index (κ2) is 5.30. The van der Waals surface area contributed by atoms with E-state index >= 15 is 0 Å². The minimum atomic E-state index is -0.0578. The number of carbonyl (C=O) groups is 1. The Morgan fingerprint density at radius 2 is 2.36 bits per heavy atom. The lowest BCUT2D eigenvalue weighted by atomic mass is 9.95. The van der Waals surface area contributed by atoms with Crippen LogP contribution in [0, 0.1) is 11.8 Å². The first-order chi connectivity index (χ1) is 10.7. The van der Waals surface area contributed by atoms with Crippen LogP contribution in [-0.4, -0.2) is 21.7 Å². The fourth-order valence-electron chi connectivity index (χ4n) is 4.06. The lowest BCUT2D eigenvalue weighted by molar-refractivity contribution is 0.0917. The molecule has 0 spiro atoms. The summed E-state index contributed by atoms with van der Waals surface area (Å²) in [5, 5.41) is 7.62. The molecule has 0 radical (unpaired) electrons. The molecule has 2 aliphatic carbocycles. The smallest absolute Gasteiger partial charge is 0.272 e. The summed E-state index contributed by atoms with van der Waals surface area (Å²) in [6.45, 7) is 2.72. The van der Waals surface area contributed by atoms with Crippen LogP contribution in [0.4, 0.5) is 0 Å². The number of hydrogen-bond donors (Lipinski definition) is 1. The minimum absolute atomic E-state index is 0.0578. The molecular weight excluding hydrogens is 278 g/mol. The summed E-state index contributed by atoms with van der Waals surface area (Å²) >= 11 is 0. The van der Waals surface area contributed by atoms with Crippen LogP contribution in [0.3, 0.4) is 0 Å². The second-order valence-electron chi connectivity index (χ2n) is 6.46. The van der Waals surface area contributed by atoms with Gasteiger partial charge in [0.1, 0.15) is 5.69 Å². The van der Waals surface area contributed by atoms with Gasteiger partial charge in [0.05, 0.1) is 6.26 Å². The SMILES string of the molecule is CCn1nc(C(=O)NC2CC3CCC2C3)cc1-c1ccco1. The minimum Gasteiger partial charge on any atom is -0.463 e. The number of nitrogens with one attached hydrogen (secondary N) is 1. The number of furan rings is 1. The molecule has 0 aliphatic heterocycles. The molecular formula is C17H21N3O2. The lowest BCUT2D eigenvalue weighted by Crippen LogP contribution is -2.38. The molecule has 5 heteroatoms. The van der Waals surface area contributed by atoms with E-state index in [0.29, 0.717) is 24.2 Å². The van der Waals surface area contributed by atoms with Gasteiger partial charge in [0.15, 0.2) is 11.5 Å². The molecule has 116 valence electrons. The Kier molecular flexibility index (Phi) is 3.28. The van der Waals surface area contributed by atoms with Gasteiger partial charge in [-0.2, -0.15) is 5.10 Å². The van der Waals surface area contributed by atoms with Crippen molar-refractivity contribution in [1.29, 1.82) is 0 Å². The number of aryl methyl sites for hydroxylation is 1. The Hall–Kier alpha value is -2.04. The Bertz CT molecular complexity index is 674. The zero-order valence-electron chi connectivity index (χ0n) is 12.8. The van der Waals surface area contributed by atoms with Crippen LogP contribution < -0.4 is 5.32 Å². The van der Waals surface area contributed by atoms with Crippen molar-refractivity contribution in [3.63, 3.8) is 0 Å². The molecule has 22 heavy (non-hydrogen) atoms. The second-order valence-corrected chi connectivity index (χ2v) is 6.46. The predicted octanol–water partition coefficient (Wildman–Crippen LogP) is 3.08. The molecule has 2 bridgehead atoms. The van der Waals surface area contributed by atoms with Gasteiger partial charge < -0.3 is 9.73 Å². The van der Waals surface area contributed by atoms with E-state index in [1.807, 2.05) is 29.8 Å². The molecule has 3 atom stereocenters. The lowest BCUT2D eigenvalue weighted by Gasteiger charge is -2.22. The third-order valence-corrected chi connectivity index (χ3v) is 5.14. The zero-order valence-corrected chi connectivity index (χ0v) is 12.8. The first-order valence-electron chi connectivity index (χ1n) is 8.17. The largest absolute Gasteiger partial charge is 0.463 e. The molecule has 5 nitrogen and oxygen atoms in total. The molecule has 2 saturated carbocycles. The van der Waals surface area contributed by atoms with E-state index in [-0.39, 0.29) is 5.91 Å². The zero-order chi connectivity index (χ0) is 15.1. The summed E-state index contributed by atoms with van der Waals surface area (Å²) in [6.07, 6.45) is 6.65. The number of aromatic nitrogens is 2. The molecule has 0 aromatic carbocycles. The van der Waals surface area contributed by atoms with Gasteiger partial charge >= 0.3 is 0 Å². The van der Waals surface area contributed by atoms with Crippen molar-refractivity contribution in [3.8, 4) is 11.5 Å². The molecule has 2 aliphatic rings. The van der Waals surface area contributed by atoms with Gasteiger partial charge in [0.25, 0.3) is 5.91 Å². The first-order valence-corrected chi connectivity index (χ1v) is 8.17. The normalized spacial score (nSPS) is 26.5.